The smallest absolute Gasteiger partial charge is 0.257 e. The molecule has 0 atom stereocenters. The van der Waals surface area contributed by atoms with Crippen LogP contribution in [0.15, 0.2) is 34.2 Å². The topological polar surface area (TPSA) is 99.2 Å². The SMILES string of the molecule is COCCN(Cc1nnc(-c2cccs2)o1)C(=O)c1cc(C2CC2)nc2c1cnn2C(C)C. The Balaban J connectivity index is 1.49. The molecular formula is C23H26N6O3S. The van der Waals surface area contributed by atoms with E-state index in [1.54, 1.807) is 18.2 Å². The number of ether oxygens (including phenoxy) is 1. The van der Waals surface area contributed by atoms with Gasteiger partial charge in [-0.2, -0.15) is 5.10 Å². The predicted molar refractivity (Wildman–Crippen MR) is 124 cm³/mol. The Bertz CT molecular complexity index is 1260. The average molecular weight is 467 g/mol. The number of carbonyl (C=O) groups is 1. The molecule has 4 aromatic rings. The van der Waals surface area contributed by atoms with Crippen molar-refractivity contribution in [3.8, 4) is 10.8 Å². The van der Waals surface area contributed by atoms with Crippen molar-refractivity contribution < 1.29 is 13.9 Å². The van der Waals surface area contributed by atoms with E-state index in [1.807, 2.05) is 28.3 Å². The zero-order valence-corrected chi connectivity index (χ0v) is 19.7. The van der Waals surface area contributed by atoms with E-state index in [1.165, 1.54) is 11.3 Å². The zero-order valence-electron chi connectivity index (χ0n) is 18.9. The second-order valence-electron chi connectivity index (χ2n) is 8.49. The Kier molecular flexibility index (Phi) is 5.94. The summed E-state index contributed by atoms with van der Waals surface area (Å²) < 4.78 is 13.0. The van der Waals surface area contributed by atoms with Gasteiger partial charge in [0, 0.05) is 31.3 Å². The fraction of sp³-hybridized carbons (Fsp3) is 0.435. The number of pyridine rings is 1. The molecule has 4 heterocycles. The summed E-state index contributed by atoms with van der Waals surface area (Å²) in [4.78, 5) is 21.2. The van der Waals surface area contributed by atoms with Gasteiger partial charge in [-0.3, -0.25) is 4.79 Å². The standard InChI is InChI=1S/C23H26N6O3S/c1-14(2)29-21-17(12-24-29)16(11-18(25-21)15-6-7-15)23(30)28(8-9-31-3)13-20-26-27-22(32-20)19-5-4-10-33-19/h4-5,10-12,14-15H,6-9,13H2,1-3H3. The van der Waals surface area contributed by atoms with Gasteiger partial charge in [-0.25, -0.2) is 9.67 Å². The normalized spacial score (nSPS) is 13.8. The van der Waals surface area contributed by atoms with E-state index < -0.39 is 0 Å². The van der Waals surface area contributed by atoms with Gasteiger partial charge in [0.25, 0.3) is 11.8 Å². The van der Waals surface area contributed by atoms with Gasteiger partial charge in [0.15, 0.2) is 5.65 Å². The highest BCUT2D eigenvalue weighted by molar-refractivity contribution is 7.13. The molecular weight excluding hydrogens is 440 g/mol. The Labute approximate surface area is 195 Å². The molecule has 172 valence electrons. The van der Waals surface area contributed by atoms with Gasteiger partial charge < -0.3 is 14.1 Å². The molecule has 0 bridgehead atoms. The van der Waals surface area contributed by atoms with Crippen LogP contribution in [-0.4, -0.2) is 56.0 Å². The highest BCUT2D eigenvalue weighted by Crippen LogP contribution is 2.40. The molecule has 33 heavy (non-hydrogen) atoms. The number of hydrogen-bond donors (Lipinski definition) is 0. The molecule has 0 saturated heterocycles. The molecule has 9 nitrogen and oxygen atoms in total. The second-order valence-corrected chi connectivity index (χ2v) is 9.43. The molecule has 0 aliphatic heterocycles. The molecule has 10 heteroatoms. The number of hydrogen-bond acceptors (Lipinski definition) is 8. The summed E-state index contributed by atoms with van der Waals surface area (Å²) >= 11 is 1.53. The molecule has 5 rings (SSSR count). The number of rotatable bonds is 9. The molecule has 1 aliphatic rings. The van der Waals surface area contributed by atoms with Crippen LogP contribution < -0.4 is 0 Å². The van der Waals surface area contributed by atoms with Gasteiger partial charge in [-0.15, -0.1) is 21.5 Å². The van der Waals surface area contributed by atoms with Crippen molar-refractivity contribution in [2.45, 2.75) is 45.2 Å². The lowest BCUT2D eigenvalue weighted by atomic mass is 10.1. The van der Waals surface area contributed by atoms with E-state index >= 15 is 0 Å². The van der Waals surface area contributed by atoms with Crippen LogP contribution in [0.1, 0.15) is 60.6 Å². The van der Waals surface area contributed by atoms with Crippen molar-refractivity contribution in [2.75, 3.05) is 20.3 Å². The molecule has 1 saturated carbocycles. The largest absolute Gasteiger partial charge is 0.418 e. The Hall–Kier alpha value is -3.11. The van der Waals surface area contributed by atoms with Crippen LogP contribution in [0.25, 0.3) is 21.8 Å². The van der Waals surface area contributed by atoms with E-state index in [0.29, 0.717) is 36.4 Å². The average Bonchev–Trinajstić information content (AvgIpc) is 3.20. The first-order valence-corrected chi connectivity index (χ1v) is 12.0. The van der Waals surface area contributed by atoms with Crippen molar-refractivity contribution in [3.63, 3.8) is 0 Å². The molecule has 0 spiro atoms. The summed E-state index contributed by atoms with van der Waals surface area (Å²) in [7, 11) is 1.62. The lowest BCUT2D eigenvalue weighted by Gasteiger charge is -2.21. The highest BCUT2D eigenvalue weighted by Gasteiger charge is 2.30. The number of thiophene rings is 1. The monoisotopic (exact) mass is 466 g/mol. The maximum atomic E-state index is 13.8. The predicted octanol–water partition coefficient (Wildman–Crippen LogP) is 4.29. The van der Waals surface area contributed by atoms with Crippen molar-refractivity contribution in [3.05, 3.63) is 46.9 Å². The number of nitrogens with zero attached hydrogens (tertiary/aromatic N) is 6. The molecule has 4 aromatic heterocycles. The minimum Gasteiger partial charge on any atom is -0.418 e. The van der Waals surface area contributed by atoms with E-state index in [4.69, 9.17) is 14.1 Å². The first-order chi connectivity index (χ1) is 16.0. The summed E-state index contributed by atoms with van der Waals surface area (Å²) in [5, 5.41) is 15.5. The molecule has 0 aromatic carbocycles. The first kappa shape index (κ1) is 21.7. The van der Waals surface area contributed by atoms with Gasteiger partial charge in [0.2, 0.25) is 5.89 Å². The van der Waals surface area contributed by atoms with Crippen LogP contribution in [-0.2, 0) is 11.3 Å². The third-order valence-electron chi connectivity index (χ3n) is 5.68. The Morgan fingerprint density at radius 2 is 2.21 bits per heavy atom. The third-order valence-corrected chi connectivity index (χ3v) is 6.54. The van der Waals surface area contributed by atoms with Gasteiger partial charge in [-0.05, 0) is 44.2 Å². The maximum Gasteiger partial charge on any atom is 0.257 e. The number of amides is 1. The Morgan fingerprint density at radius 1 is 1.36 bits per heavy atom. The van der Waals surface area contributed by atoms with E-state index in [9.17, 15) is 4.79 Å². The minimum absolute atomic E-state index is 0.125. The molecule has 1 amide bonds. The zero-order chi connectivity index (χ0) is 22.9. The van der Waals surface area contributed by atoms with Crippen molar-refractivity contribution in [1.29, 1.82) is 0 Å². The second kappa shape index (κ2) is 9.03. The van der Waals surface area contributed by atoms with E-state index in [2.05, 4.69) is 29.1 Å². The van der Waals surface area contributed by atoms with E-state index in [-0.39, 0.29) is 18.5 Å². The summed E-state index contributed by atoms with van der Waals surface area (Å²) in [5.41, 5.74) is 2.31. The van der Waals surface area contributed by atoms with Gasteiger partial charge in [-0.1, -0.05) is 6.07 Å². The van der Waals surface area contributed by atoms with Crippen LogP contribution in [0.4, 0.5) is 0 Å². The number of aromatic nitrogens is 5. The number of carbonyl (C=O) groups excluding carboxylic acids is 1. The molecule has 1 aliphatic carbocycles. The Morgan fingerprint density at radius 3 is 2.91 bits per heavy atom. The molecule has 0 radical (unpaired) electrons. The summed E-state index contributed by atoms with van der Waals surface area (Å²) in [6.07, 6.45) is 3.94. The first-order valence-electron chi connectivity index (χ1n) is 11.1. The van der Waals surface area contributed by atoms with Crippen LogP contribution in [0.3, 0.4) is 0 Å². The third kappa shape index (κ3) is 4.40. The van der Waals surface area contributed by atoms with Gasteiger partial charge in [0.1, 0.15) is 0 Å². The highest BCUT2D eigenvalue weighted by atomic mass is 32.1. The fourth-order valence-corrected chi connectivity index (χ4v) is 4.43. The fourth-order valence-electron chi connectivity index (χ4n) is 3.79. The van der Waals surface area contributed by atoms with Crippen LogP contribution in [0.5, 0.6) is 0 Å². The summed E-state index contributed by atoms with van der Waals surface area (Å²) in [5.74, 6) is 1.13. The number of fused-ring (bicyclic) bond motifs is 1. The summed E-state index contributed by atoms with van der Waals surface area (Å²) in [6.45, 7) is 5.11. The quantitative estimate of drug-likeness (QED) is 0.363. The van der Waals surface area contributed by atoms with Crippen molar-refractivity contribution in [2.24, 2.45) is 0 Å². The van der Waals surface area contributed by atoms with Crippen LogP contribution in [0, 0.1) is 0 Å². The molecule has 0 unspecified atom stereocenters. The van der Waals surface area contributed by atoms with E-state index in [0.717, 1.165) is 34.4 Å². The maximum absolute atomic E-state index is 13.8. The number of methoxy groups -OCH3 is 1. The van der Waals surface area contributed by atoms with Crippen molar-refractivity contribution >= 4 is 28.3 Å². The molecule has 0 N–H and O–H groups in total. The van der Waals surface area contributed by atoms with Crippen LogP contribution >= 0.6 is 11.3 Å². The van der Waals surface area contributed by atoms with Gasteiger partial charge >= 0.3 is 0 Å². The minimum atomic E-state index is -0.125. The van der Waals surface area contributed by atoms with Crippen molar-refractivity contribution in [1.82, 2.24) is 29.9 Å². The lowest BCUT2D eigenvalue weighted by molar-refractivity contribution is 0.0665. The lowest BCUT2D eigenvalue weighted by Crippen LogP contribution is -2.34. The summed E-state index contributed by atoms with van der Waals surface area (Å²) in [6, 6.07) is 5.93. The van der Waals surface area contributed by atoms with Gasteiger partial charge in [0.05, 0.1) is 35.2 Å². The van der Waals surface area contributed by atoms with Crippen LogP contribution in [0.2, 0.25) is 0 Å². The molecule has 1 fully saturated rings.